The van der Waals surface area contributed by atoms with Crippen molar-refractivity contribution in [3.05, 3.63) is 66.5 Å². The fourth-order valence-corrected chi connectivity index (χ4v) is 5.05. The van der Waals surface area contributed by atoms with E-state index in [0.29, 0.717) is 11.6 Å². The summed E-state index contributed by atoms with van der Waals surface area (Å²) in [6.45, 7) is 1.92. The van der Waals surface area contributed by atoms with E-state index < -0.39 is 24.8 Å². The number of imidazole rings is 1. The number of carbonyl (C=O) groups is 1. The average Bonchev–Trinajstić information content (AvgIpc) is 3.35. The fraction of sp³-hybridized carbons (Fsp3) is 0.379. The van der Waals surface area contributed by atoms with E-state index >= 15 is 0 Å². The van der Waals surface area contributed by atoms with Crippen LogP contribution in [0.3, 0.4) is 0 Å². The van der Waals surface area contributed by atoms with Crippen LogP contribution >= 0.6 is 0 Å². The largest absolute Gasteiger partial charge is 0.389 e. The Balaban J connectivity index is 1.29. The normalized spacial score (nSPS) is 14.9. The number of anilines is 1. The number of alkyl halides is 3. The third kappa shape index (κ3) is 6.44. The summed E-state index contributed by atoms with van der Waals surface area (Å²) < 4.78 is 39.3. The van der Waals surface area contributed by atoms with Crippen LogP contribution in [0.15, 0.2) is 60.9 Å². The Kier molecular flexibility index (Phi) is 7.65. The van der Waals surface area contributed by atoms with Crippen LogP contribution in [0.1, 0.15) is 31.2 Å². The third-order valence-electron chi connectivity index (χ3n) is 7.29. The number of piperidine rings is 1. The zero-order chi connectivity index (χ0) is 27.6. The third-order valence-corrected chi connectivity index (χ3v) is 7.29. The van der Waals surface area contributed by atoms with Gasteiger partial charge in [0.1, 0.15) is 11.4 Å². The van der Waals surface area contributed by atoms with E-state index in [-0.39, 0.29) is 6.42 Å². The van der Waals surface area contributed by atoms with Crippen molar-refractivity contribution >= 4 is 17.2 Å². The minimum absolute atomic E-state index is 0.0346. The number of benzene rings is 1. The lowest BCUT2D eigenvalue weighted by Crippen LogP contribution is -2.42. The van der Waals surface area contributed by atoms with Gasteiger partial charge in [-0.1, -0.05) is 18.2 Å². The summed E-state index contributed by atoms with van der Waals surface area (Å²) >= 11 is 0. The van der Waals surface area contributed by atoms with Crippen LogP contribution in [0.2, 0.25) is 0 Å². The van der Waals surface area contributed by atoms with Gasteiger partial charge < -0.3 is 9.80 Å². The summed E-state index contributed by atoms with van der Waals surface area (Å²) in [5.74, 6) is 0.453. The van der Waals surface area contributed by atoms with Crippen molar-refractivity contribution < 1.29 is 18.0 Å². The van der Waals surface area contributed by atoms with Gasteiger partial charge in [-0.3, -0.25) is 9.20 Å². The van der Waals surface area contributed by atoms with E-state index in [4.69, 9.17) is 0 Å². The second-order valence-electron chi connectivity index (χ2n) is 10.3. The first kappa shape index (κ1) is 26.8. The molecular formula is C29H31F3N6O. The molecule has 0 N–H and O–H groups in total. The minimum Gasteiger partial charge on any atom is -0.355 e. The van der Waals surface area contributed by atoms with Gasteiger partial charge in [0, 0.05) is 49.3 Å². The van der Waals surface area contributed by atoms with Crippen LogP contribution in [-0.2, 0) is 11.2 Å². The second kappa shape index (κ2) is 11.1. The van der Waals surface area contributed by atoms with E-state index in [1.165, 1.54) is 0 Å². The molecule has 204 valence electrons. The highest BCUT2D eigenvalue weighted by molar-refractivity contribution is 5.81. The van der Waals surface area contributed by atoms with Crippen LogP contribution in [0.5, 0.6) is 0 Å². The molecule has 1 aromatic carbocycles. The quantitative estimate of drug-likeness (QED) is 0.299. The molecule has 1 aliphatic heterocycles. The number of nitrogens with zero attached hydrogens (tertiary/aromatic N) is 6. The lowest BCUT2D eigenvalue weighted by atomic mass is 10.0. The summed E-state index contributed by atoms with van der Waals surface area (Å²) in [5, 5.41) is 8.96. The van der Waals surface area contributed by atoms with Gasteiger partial charge in [-0.2, -0.15) is 13.2 Å². The zero-order valence-electron chi connectivity index (χ0n) is 22.0. The summed E-state index contributed by atoms with van der Waals surface area (Å²) in [6, 6.07) is 15.8. The Bertz CT molecular complexity index is 1440. The van der Waals surface area contributed by atoms with Crippen LogP contribution in [0, 0.1) is 0 Å². The molecule has 39 heavy (non-hydrogen) atoms. The molecule has 10 heteroatoms. The van der Waals surface area contributed by atoms with Gasteiger partial charge in [-0.15, -0.1) is 10.2 Å². The molecule has 4 heterocycles. The number of Topliss-reactive ketones (excluding diaryl/α,β-unsaturated/α-hetero) is 1. The highest BCUT2D eigenvalue weighted by atomic mass is 19.4. The standard InChI is InChI=1S/C29H31F3N6O/c1-36(2)23-10-13-37(14-11-23)27-7-6-25(34-35-27)21-9-15-38-26(19-33-28(38)18-21)22-5-3-4-20(16-22)17-24(39)8-12-29(30,31)32/h3-7,9,15-16,18-19,23H,8,10-14,17H2,1-2H3. The molecule has 3 aromatic heterocycles. The molecule has 0 amide bonds. The topological polar surface area (TPSA) is 66.6 Å². The average molecular weight is 537 g/mol. The van der Waals surface area contributed by atoms with E-state index in [1.807, 2.05) is 47.0 Å². The predicted molar refractivity (Wildman–Crippen MR) is 145 cm³/mol. The number of hydrogen-bond acceptors (Lipinski definition) is 6. The summed E-state index contributed by atoms with van der Waals surface area (Å²) in [4.78, 5) is 21.2. The van der Waals surface area contributed by atoms with Gasteiger partial charge >= 0.3 is 6.18 Å². The molecule has 1 saturated heterocycles. The number of fused-ring (bicyclic) bond motifs is 1. The molecule has 7 nitrogen and oxygen atoms in total. The van der Waals surface area contributed by atoms with Crippen LogP contribution in [0.25, 0.3) is 28.2 Å². The molecular weight excluding hydrogens is 505 g/mol. The smallest absolute Gasteiger partial charge is 0.355 e. The number of carbonyl (C=O) groups excluding carboxylic acids is 1. The first-order chi connectivity index (χ1) is 18.7. The highest BCUT2D eigenvalue weighted by Crippen LogP contribution is 2.27. The molecule has 0 radical (unpaired) electrons. The molecule has 0 aliphatic carbocycles. The molecule has 0 atom stereocenters. The molecule has 1 aliphatic rings. The van der Waals surface area contributed by atoms with Gasteiger partial charge in [-0.05, 0) is 62.8 Å². The number of pyridine rings is 1. The first-order valence-corrected chi connectivity index (χ1v) is 13.1. The van der Waals surface area contributed by atoms with Crippen LogP contribution in [-0.4, -0.2) is 69.7 Å². The Morgan fingerprint density at radius 3 is 2.51 bits per heavy atom. The maximum atomic E-state index is 12.4. The Labute approximate surface area is 225 Å². The molecule has 0 unspecified atom stereocenters. The van der Waals surface area contributed by atoms with Crippen molar-refractivity contribution in [1.82, 2.24) is 24.5 Å². The molecule has 1 fully saturated rings. The molecule has 0 spiro atoms. The van der Waals surface area contributed by atoms with Gasteiger partial charge in [-0.25, -0.2) is 4.98 Å². The van der Waals surface area contributed by atoms with E-state index in [2.05, 4.69) is 39.1 Å². The van der Waals surface area contributed by atoms with Crippen LogP contribution < -0.4 is 4.90 Å². The number of aromatic nitrogens is 4. The summed E-state index contributed by atoms with van der Waals surface area (Å²) in [5.41, 5.74) is 4.71. The van der Waals surface area contributed by atoms with Gasteiger partial charge in [0.05, 0.1) is 24.0 Å². The maximum absolute atomic E-state index is 12.4. The van der Waals surface area contributed by atoms with Crippen molar-refractivity contribution in [2.75, 3.05) is 32.1 Å². The molecule has 4 aromatic rings. The Hall–Kier alpha value is -3.79. The lowest BCUT2D eigenvalue weighted by molar-refractivity contribution is -0.143. The number of hydrogen-bond donors (Lipinski definition) is 0. The number of rotatable bonds is 8. The Morgan fingerprint density at radius 1 is 1.03 bits per heavy atom. The minimum atomic E-state index is -4.33. The monoisotopic (exact) mass is 536 g/mol. The lowest BCUT2D eigenvalue weighted by Gasteiger charge is -2.35. The van der Waals surface area contributed by atoms with Gasteiger partial charge in [0.2, 0.25) is 0 Å². The number of halogens is 3. The zero-order valence-corrected chi connectivity index (χ0v) is 22.0. The number of ketones is 1. The summed E-state index contributed by atoms with van der Waals surface area (Å²) in [7, 11) is 4.25. The second-order valence-corrected chi connectivity index (χ2v) is 10.3. The van der Waals surface area contributed by atoms with Crippen molar-refractivity contribution in [3.63, 3.8) is 0 Å². The highest BCUT2D eigenvalue weighted by Gasteiger charge is 2.28. The van der Waals surface area contributed by atoms with E-state index in [1.54, 1.807) is 18.3 Å². The van der Waals surface area contributed by atoms with Gasteiger partial charge in [0.25, 0.3) is 0 Å². The molecule has 5 rings (SSSR count). The van der Waals surface area contributed by atoms with Crippen molar-refractivity contribution in [2.45, 2.75) is 44.3 Å². The van der Waals surface area contributed by atoms with Gasteiger partial charge in [0.15, 0.2) is 5.82 Å². The van der Waals surface area contributed by atoms with Crippen molar-refractivity contribution in [1.29, 1.82) is 0 Å². The Morgan fingerprint density at radius 2 is 1.82 bits per heavy atom. The first-order valence-electron chi connectivity index (χ1n) is 13.1. The fourth-order valence-electron chi connectivity index (χ4n) is 5.05. The SMILES string of the molecule is CN(C)C1CCN(c2ccc(-c3ccn4c(-c5cccc(CC(=O)CCC(F)(F)F)c5)cnc4c3)nn2)CC1. The van der Waals surface area contributed by atoms with Crippen molar-refractivity contribution in [2.24, 2.45) is 0 Å². The van der Waals surface area contributed by atoms with E-state index in [0.717, 1.165) is 59.9 Å². The van der Waals surface area contributed by atoms with Crippen molar-refractivity contribution in [3.8, 4) is 22.5 Å². The van der Waals surface area contributed by atoms with E-state index in [9.17, 15) is 18.0 Å². The molecule has 0 saturated carbocycles. The van der Waals surface area contributed by atoms with Crippen LogP contribution in [0.4, 0.5) is 19.0 Å². The predicted octanol–water partition coefficient (Wildman–Crippen LogP) is 5.44. The summed E-state index contributed by atoms with van der Waals surface area (Å²) in [6.07, 6.45) is -0.101. The molecule has 0 bridgehead atoms. The maximum Gasteiger partial charge on any atom is 0.389 e.